The first kappa shape index (κ1) is 20.2. The fourth-order valence-corrected chi connectivity index (χ4v) is 1.59. The molecule has 0 rings (SSSR count). The summed E-state index contributed by atoms with van der Waals surface area (Å²) in [6.45, 7) is 10.4. The molecule has 7 nitrogen and oxygen atoms in total. The van der Waals surface area contributed by atoms with Gasteiger partial charge in [-0.15, -0.1) is 0 Å². The fourth-order valence-electron chi connectivity index (χ4n) is 1.59. The van der Waals surface area contributed by atoms with Gasteiger partial charge >= 0.3 is 18.0 Å². The van der Waals surface area contributed by atoms with E-state index < -0.39 is 35.3 Å². The van der Waals surface area contributed by atoms with Crippen LogP contribution in [0.5, 0.6) is 0 Å². The van der Waals surface area contributed by atoms with Crippen LogP contribution >= 0.6 is 0 Å². The van der Waals surface area contributed by atoms with Crippen LogP contribution < -0.4 is 5.32 Å². The summed E-state index contributed by atoms with van der Waals surface area (Å²) >= 11 is 0. The smallest absolute Gasteiger partial charge is 0.407 e. The van der Waals surface area contributed by atoms with Crippen molar-refractivity contribution in [2.24, 2.45) is 0 Å². The van der Waals surface area contributed by atoms with E-state index in [-0.39, 0.29) is 19.3 Å². The molecular weight excluding hydrogens is 290 g/mol. The number of ether oxygens (including phenoxy) is 2. The number of carbonyl (C=O) groups is 3. The number of hydrogen-bond donors (Lipinski definition) is 2. The van der Waals surface area contributed by atoms with Crippen molar-refractivity contribution in [1.82, 2.24) is 5.32 Å². The fraction of sp³-hybridized carbons (Fsp3) is 0.800. The summed E-state index contributed by atoms with van der Waals surface area (Å²) in [7, 11) is 0. The monoisotopic (exact) mass is 317 g/mol. The molecule has 0 aliphatic heterocycles. The number of amides is 1. The van der Waals surface area contributed by atoms with E-state index in [4.69, 9.17) is 14.6 Å². The molecule has 0 spiro atoms. The molecule has 128 valence electrons. The molecule has 0 aliphatic rings. The lowest BCUT2D eigenvalue weighted by Crippen LogP contribution is -2.40. The minimum absolute atomic E-state index is 0.0189. The molecular formula is C15H27NO6. The molecule has 0 saturated carbocycles. The third-order valence-corrected chi connectivity index (χ3v) is 2.26. The maximum absolute atomic E-state index is 11.7. The van der Waals surface area contributed by atoms with Gasteiger partial charge in [0.25, 0.3) is 0 Å². The van der Waals surface area contributed by atoms with Crippen LogP contribution in [0.25, 0.3) is 0 Å². The standard InChI is InChI=1S/C15H27NO6/c1-14(2,3)21-12(19)8-7-10(9-11(17)18)16-13(20)22-15(4,5)6/h10H,7-9H2,1-6H3,(H,16,20)(H,17,18)/t10-/m1/s1. The van der Waals surface area contributed by atoms with Gasteiger partial charge in [-0.25, -0.2) is 4.79 Å². The van der Waals surface area contributed by atoms with Crippen LogP contribution in [0.3, 0.4) is 0 Å². The average Bonchev–Trinajstić information content (AvgIpc) is 2.19. The molecule has 0 aromatic heterocycles. The van der Waals surface area contributed by atoms with Crippen molar-refractivity contribution in [2.75, 3.05) is 0 Å². The third-order valence-electron chi connectivity index (χ3n) is 2.26. The highest BCUT2D eigenvalue weighted by atomic mass is 16.6. The third kappa shape index (κ3) is 12.0. The summed E-state index contributed by atoms with van der Waals surface area (Å²) in [5.74, 6) is -1.50. The van der Waals surface area contributed by atoms with Crippen molar-refractivity contribution in [1.29, 1.82) is 0 Å². The van der Waals surface area contributed by atoms with E-state index in [1.54, 1.807) is 41.5 Å². The number of esters is 1. The Hall–Kier alpha value is -1.79. The van der Waals surface area contributed by atoms with E-state index in [1.165, 1.54) is 0 Å². The van der Waals surface area contributed by atoms with Crippen molar-refractivity contribution < 1.29 is 29.0 Å². The van der Waals surface area contributed by atoms with Crippen LogP contribution in [0.1, 0.15) is 60.8 Å². The van der Waals surface area contributed by atoms with Crippen LogP contribution in [0.15, 0.2) is 0 Å². The molecule has 0 aliphatic carbocycles. The highest BCUT2D eigenvalue weighted by Crippen LogP contribution is 2.12. The normalized spacial score (nSPS) is 13.2. The van der Waals surface area contributed by atoms with Crippen molar-refractivity contribution >= 4 is 18.0 Å². The zero-order chi connectivity index (χ0) is 17.6. The molecule has 0 saturated heterocycles. The Balaban J connectivity index is 4.50. The summed E-state index contributed by atoms with van der Waals surface area (Å²) in [5, 5.41) is 11.3. The Morgan fingerprint density at radius 3 is 1.91 bits per heavy atom. The Morgan fingerprint density at radius 2 is 1.50 bits per heavy atom. The molecule has 2 N–H and O–H groups in total. The number of hydrogen-bond acceptors (Lipinski definition) is 5. The molecule has 22 heavy (non-hydrogen) atoms. The molecule has 1 amide bonds. The first-order valence-electron chi connectivity index (χ1n) is 7.21. The van der Waals surface area contributed by atoms with Crippen molar-refractivity contribution in [2.45, 2.75) is 78.0 Å². The van der Waals surface area contributed by atoms with Crippen LogP contribution in [-0.2, 0) is 19.1 Å². The van der Waals surface area contributed by atoms with Gasteiger partial charge in [-0.3, -0.25) is 9.59 Å². The summed E-state index contributed by atoms with van der Waals surface area (Å²) in [5.41, 5.74) is -1.28. The van der Waals surface area contributed by atoms with Crippen LogP contribution in [0.4, 0.5) is 4.79 Å². The summed E-state index contributed by atoms with van der Waals surface area (Å²) < 4.78 is 10.2. The number of alkyl carbamates (subject to hydrolysis) is 1. The van der Waals surface area contributed by atoms with Gasteiger partial charge in [0.15, 0.2) is 0 Å². The summed E-state index contributed by atoms with van der Waals surface area (Å²) in [6.07, 6.45) is -0.809. The summed E-state index contributed by atoms with van der Waals surface area (Å²) in [6, 6.07) is -0.695. The highest BCUT2D eigenvalue weighted by molar-refractivity contribution is 5.73. The van der Waals surface area contributed by atoms with Gasteiger partial charge in [-0.1, -0.05) is 0 Å². The number of aliphatic carboxylic acids is 1. The molecule has 0 aromatic carbocycles. The van der Waals surface area contributed by atoms with E-state index in [9.17, 15) is 14.4 Å². The Bertz CT molecular complexity index is 405. The van der Waals surface area contributed by atoms with Gasteiger partial charge in [0.2, 0.25) is 0 Å². The Labute approximate surface area is 131 Å². The van der Waals surface area contributed by atoms with E-state index in [0.29, 0.717) is 0 Å². The van der Waals surface area contributed by atoms with E-state index in [0.717, 1.165) is 0 Å². The number of carbonyl (C=O) groups excluding carboxylic acids is 2. The number of carboxylic acid groups (broad SMARTS) is 1. The van der Waals surface area contributed by atoms with Crippen molar-refractivity contribution in [3.63, 3.8) is 0 Å². The molecule has 0 fully saturated rings. The second-order valence-corrected chi connectivity index (χ2v) is 7.07. The van der Waals surface area contributed by atoms with Gasteiger partial charge in [0.05, 0.1) is 6.42 Å². The van der Waals surface area contributed by atoms with Gasteiger partial charge in [0.1, 0.15) is 11.2 Å². The van der Waals surface area contributed by atoms with E-state index in [2.05, 4.69) is 5.32 Å². The maximum Gasteiger partial charge on any atom is 0.407 e. The molecule has 0 unspecified atom stereocenters. The summed E-state index contributed by atoms with van der Waals surface area (Å²) in [4.78, 5) is 34.2. The Kier molecular flexibility index (Phi) is 7.35. The molecule has 0 radical (unpaired) electrons. The van der Waals surface area contributed by atoms with Gasteiger partial charge in [-0.2, -0.15) is 0 Å². The zero-order valence-corrected chi connectivity index (χ0v) is 14.2. The van der Waals surface area contributed by atoms with Crippen molar-refractivity contribution in [3.05, 3.63) is 0 Å². The minimum atomic E-state index is -1.06. The number of carboxylic acids is 1. The topological polar surface area (TPSA) is 102 Å². The van der Waals surface area contributed by atoms with Gasteiger partial charge < -0.3 is 19.9 Å². The predicted molar refractivity (Wildman–Crippen MR) is 80.5 cm³/mol. The zero-order valence-electron chi connectivity index (χ0n) is 14.2. The number of rotatable bonds is 6. The SMILES string of the molecule is CC(C)(C)OC(=O)CC[C@H](CC(=O)O)NC(=O)OC(C)(C)C. The highest BCUT2D eigenvalue weighted by Gasteiger charge is 2.23. The second-order valence-electron chi connectivity index (χ2n) is 7.07. The predicted octanol–water partition coefficient (Wildman–Crippen LogP) is 2.48. The van der Waals surface area contributed by atoms with Crippen LogP contribution in [0.2, 0.25) is 0 Å². The lowest BCUT2D eigenvalue weighted by molar-refractivity contribution is -0.155. The van der Waals surface area contributed by atoms with Gasteiger partial charge in [0, 0.05) is 12.5 Å². The number of nitrogens with one attached hydrogen (secondary N) is 1. The molecule has 0 heterocycles. The molecule has 7 heteroatoms. The minimum Gasteiger partial charge on any atom is -0.481 e. The van der Waals surface area contributed by atoms with Crippen LogP contribution in [0, 0.1) is 0 Å². The molecule has 0 aromatic rings. The first-order valence-corrected chi connectivity index (χ1v) is 7.21. The van der Waals surface area contributed by atoms with Crippen molar-refractivity contribution in [3.8, 4) is 0 Å². The van der Waals surface area contributed by atoms with Crippen LogP contribution in [-0.4, -0.2) is 40.4 Å². The lowest BCUT2D eigenvalue weighted by atomic mass is 10.1. The first-order chi connectivity index (χ1) is 9.78. The Morgan fingerprint density at radius 1 is 1.00 bits per heavy atom. The second kappa shape index (κ2) is 8.00. The largest absolute Gasteiger partial charge is 0.481 e. The molecule has 0 bridgehead atoms. The maximum atomic E-state index is 11.7. The quantitative estimate of drug-likeness (QED) is 0.730. The van der Waals surface area contributed by atoms with E-state index in [1.807, 2.05) is 0 Å². The lowest BCUT2D eigenvalue weighted by Gasteiger charge is -2.23. The molecule has 1 atom stereocenters. The van der Waals surface area contributed by atoms with Gasteiger partial charge in [-0.05, 0) is 48.0 Å². The average molecular weight is 317 g/mol. The van der Waals surface area contributed by atoms with E-state index >= 15 is 0 Å².